The van der Waals surface area contributed by atoms with Crippen molar-refractivity contribution in [2.24, 2.45) is 23.7 Å². The highest BCUT2D eigenvalue weighted by atomic mass is 16.6. The van der Waals surface area contributed by atoms with Gasteiger partial charge in [-0.3, -0.25) is 14.4 Å². The van der Waals surface area contributed by atoms with Crippen molar-refractivity contribution >= 4 is 23.9 Å². The number of carboxylic acid groups (broad SMARTS) is 1. The monoisotopic (exact) mass is 443 g/mol. The third kappa shape index (κ3) is 11.6. The lowest BCUT2D eigenvalue weighted by atomic mass is 9.92. The molecule has 0 aliphatic rings. The summed E-state index contributed by atoms with van der Waals surface area (Å²) in [6.45, 7) is 15.9. The average molecular weight is 444 g/mol. The lowest BCUT2D eigenvalue weighted by Crippen LogP contribution is -2.58. The molecule has 0 aromatic carbocycles. The number of carbonyl (C=O) groups is 4. The first-order valence-electron chi connectivity index (χ1n) is 10.8. The van der Waals surface area contributed by atoms with Crippen molar-refractivity contribution in [2.45, 2.75) is 79.9 Å². The molecule has 0 saturated heterocycles. The lowest BCUT2D eigenvalue weighted by Gasteiger charge is -2.30. The van der Waals surface area contributed by atoms with Crippen molar-refractivity contribution in [2.75, 3.05) is 13.1 Å². The lowest BCUT2D eigenvalue weighted by molar-refractivity contribution is -0.142. The average Bonchev–Trinajstić information content (AvgIpc) is 2.55. The van der Waals surface area contributed by atoms with Gasteiger partial charge in [0.2, 0.25) is 11.8 Å². The molecule has 9 heteroatoms. The van der Waals surface area contributed by atoms with Gasteiger partial charge in [-0.2, -0.15) is 0 Å². The van der Waals surface area contributed by atoms with Crippen LogP contribution in [0.25, 0.3) is 0 Å². The maximum atomic E-state index is 12.8. The Morgan fingerprint density at radius 1 is 0.903 bits per heavy atom. The van der Waals surface area contributed by atoms with Crippen LogP contribution >= 0.6 is 0 Å². The Morgan fingerprint density at radius 2 is 1.45 bits per heavy atom. The van der Waals surface area contributed by atoms with Gasteiger partial charge in [-0.15, -0.1) is 0 Å². The van der Waals surface area contributed by atoms with Gasteiger partial charge < -0.3 is 25.8 Å². The van der Waals surface area contributed by atoms with Crippen molar-refractivity contribution in [1.82, 2.24) is 16.0 Å². The van der Waals surface area contributed by atoms with Gasteiger partial charge >= 0.3 is 12.1 Å². The Kier molecular flexibility index (Phi) is 11.0. The normalized spacial score (nSPS) is 14.0. The van der Waals surface area contributed by atoms with Gasteiger partial charge in [-0.25, -0.2) is 4.79 Å². The highest BCUT2D eigenvalue weighted by molar-refractivity contribution is 5.91. The fraction of sp³-hybridized carbons (Fsp3) is 0.818. The Hall–Kier alpha value is -2.32. The largest absolute Gasteiger partial charge is 0.481 e. The SMILES string of the molecule is CC(C)CC(CNC(=O)C(C)(C)NC(=O)C(CNC(=O)OC(C)(C)C)C(C)C)C(=O)O. The predicted molar refractivity (Wildman–Crippen MR) is 118 cm³/mol. The number of ether oxygens (including phenoxy) is 1. The fourth-order valence-corrected chi connectivity index (χ4v) is 2.87. The molecule has 3 amide bonds. The fourth-order valence-electron chi connectivity index (χ4n) is 2.87. The number of carboxylic acids is 1. The van der Waals surface area contributed by atoms with Crippen LogP contribution in [0, 0.1) is 23.7 Å². The Morgan fingerprint density at radius 3 is 1.87 bits per heavy atom. The molecule has 4 N–H and O–H groups in total. The first-order valence-corrected chi connectivity index (χ1v) is 10.8. The van der Waals surface area contributed by atoms with Crippen LogP contribution in [-0.2, 0) is 19.1 Å². The van der Waals surface area contributed by atoms with E-state index in [4.69, 9.17) is 4.74 Å². The van der Waals surface area contributed by atoms with E-state index in [1.807, 2.05) is 27.7 Å². The second-order valence-corrected chi connectivity index (χ2v) is 10.2. The van der Waals surface area contributed by atoms with E-state index in [-0.39, 0.29) is 30.8 Å². The van der Waals surface area contributed by atoms with Crippen LogP contribution in [0.1, 0.15) is 68.7 Å². The molecule has 2 atom stereocenters. The summed E-state index contributed by atoms with van der Waals surface area (Å²) in [7, 11) is 0. The predicted octanol–water partition coefficient (Wildman–Crippen LogP) is 2.54. The number of aliphatic carboxylic acids is 1. The minimum absolute atomic E-state index is 0.0144. The highest BCUT2D eigenvalue weighted by Gasteiger charge is 2.34. The summed E-state index contributed by atoms with van der Waals surface area (Å²) in [6, 6.07) is 0. The summed E-state index contributed by atoms with van der Waals surface area (Å²) >= 11 is 0. The maximum Gasteiger partial charge on any atom is 0.407 e. The molecule has 0 heterocycles. The highest BCUT2D eigenvalue weighted by Crippen LogP contribution is 2.15. The molecule has 0 aromatic rings. The summed E-state index contributed by atoms with van der Waals surface area (Å²) in [5, 5.41) is 17.3. The van der Waals surface area contributed by atoms with Crippen LogP contribution < -0.4 is 16.0 Å². The number of carbonyl (C=O) groups excluding carboxylic acids is 3. The molecule has 9 nitrogen and oxygen atoms in total. The standard InChI is InChI=1S/C22H41N3O6/c1-13(2)10-15(18(27)28)11-23-19(29)22(8,9)25-17(26)16(14(3)4)12-24-20(30)31-21(5,6)7/h13-16H,10-12H2,1-9H3,(H,23,29)(H,24,30)(H,25,26)(H,27,28). The Balaban J connectivity index is 4.97. The molecular formula is C22H41N3O6. The van der Waals surface area contributed by atoms with Crippen molar-refractivity contribution in [3.05, 3.63) is 0 Å². The summed E-state index contributed by atoms with van der Waals surface area (Å²) in [4.78, 5) is 48.7. The molecule has 0 radical (unpaired) electrons. The number of hydrogen-bond donors (Lipinski definition) is 4. The van der Waals surface area contributed by atoms with E-state index in [0.29, 0.717) is 6.42 Å². The van der Waals surface area contributed by atoms with Gasteiger partial charge in [0.1, 0.15) is 11.1 Å². The molecule has 0 spiro atoms. The van der Waals surface area contributed by atoms with Crippen molar-refractivity contribution in [3.8, 4) is 0 Å². The first-order chi connectivity index (χ1) is 14.0. The van der Waals surface area contributed by atoms with Gasteiger partial charge in [-0.1, -0.05) is 27.7 Å². The molecular weight excluding hydrogens is 402 g/mol. The van der Waals surface area contributed by atoms with Gasteiger partial charge in [0.05, 0.1) is 11.8 Å². The zero-order valence-corrected chi connectivity index (χ0v) is 20.4. The molecule has 0 aliphatic heterocycles. The van der Waals surface area contributed by atoms with E-state index in [1.165, 1.54) is 0 Å². The van der Waals surface area contributed by atoms with Gasteiger partial charge in [0, 0.05) is 13.1 Å². The summed E-state index contributed by atoms with van der Waals surface area (Å²) in [6.07, 6.45) is -0.179. The molecule has 0 aliphatic carbocycles. The van der Waals surface area contributed by atoms with E-state index in [9.17, 15) is 24.3 Å². The molecule has 0 fully saturated rings. The van der Waals surface area contributed by atoms with Crippen molar-refractivity contribution < 1.29 is 29.0 Å². The molecule has 0 saturated carbocycles. The zero-order valence-electron chi connectivity index (χ0n) is 20.4. The van der Waals surface area contributed by atoms with Gasteiger partial charge in [-0.05, 0) is 52.9 Å². The molecule has 31 heavy (non-hydrogen) atoms. The number of amides is 3. The number of rotatable bonds is 11. The second kappa shape index (κ2) is 11.9. The molecule has 2 unspecified atom stereocenters. The van der Waals surface area contributed by atoms with Crippen LogP contribution in [0.3, 0.4) is 0 Å². The molecule has 0 rings (SSSR count). The third-order valence-corrected chi connectivity index (χ3v) is 4.62. The van der Waals surface area contributed by atoms with E-state index in [0.717, 1.165) is 0 Å². The van der Waals surface area contributed by atoms with E-state index in [1.54, 1.807) is 34.6 Å². The summed E-state index contributed by atoms with van der Waals surface area (Å²) in [5.74, 6) is -3.03. The smallest absolute Gasteiger partial charge is 0.407 e. The Bertz CT molecular complexity index is 638. The van der Waals surface area contributed by atoms with Crippen LogP contribution in [-0.4, -0.2) is 53.2 Å². The number of hydrogen-bond acceptors (Lipinski definition) is 5. The number of alkyl carbamates (subject to hydrolysis) is 1. The topological polar surface area (TPSA) is 134 Å². The van der Waals surface area contributed by atoms with E-state index < -0.39 is 40.9 Å². The van der Waals surface area contributed by atoms with E-state index in [2.05, 4.69) is 16.0 Å². The minimum Gasteiger partial charge on any atom is -0.481 e. The molecule has 0 bridgehead atoms. The maximum absolute atomic E-state index is 12.8. The summed E-state index contributed by atoms with van der Waals surface area (Å²) in [5.41, 5.74) is -1.90. The Labute approximate surface area is 186 Å². The van der Waals surface area contributed by atoms with Crippen LogP contribution in [0.15, 0.2) is 0 Å². The van der Waals surface area contributed by atoms with Crippen LogP contribution in [0.5, 0.6) is 0 Å². The third-order valence-electron chi connectivity index (χ3n) is 4.62. The van der Waals surface area contributed by atoms with Crippen molar-refractivity contribution in [3.63, 3.8) is 0 Å². The molecule has 180 valence electrons. The van der Waals surface area contributed by atoms with Crippen LogP contribution in [0.4, 0.5) is 4.79 Å². The first kappa shape index (κ1) is 28.7. The van der Waals surface area contributed by atoms with Crippen LogP contribution in [0.2, 0.25) is 0 Å². The quantitative estimate of drug-likeness (QED) is 0.388. The van der Waals surface area contributed by atoms with Crippen molar-refractivity contribution in [1.29, 1.82) is 0 Å². The number of nitrogens with one attached hydrogen (secondary N) is 3. The second-order valence-electron chi connectivity index (χ2n) is 10.2. The van der Waals surface area contributed by atoms with Gasteiger partial charge in [0.25, 0.3) is 0 Å². The van der Waals surface area contributed by atoms with E-state index >= 15 is 0 Å². The molecule has 0 aromatic heterocycles. The van der Waals surface area contributed by atoms with Gasteiger partial charge in [0.15, 0.2) is 0 Å². The summed E-state index contributed by atoms with van der Waals surface area (Å²) < 4.78 is 5.19. The zero-order chi connectivity index (χ0) is 24.6. The minimum atomic E-state index is -1.25.